The van der Waals surface area contributed by atoms with Crippen molar-refractivity contribution in [3.63, 3.8) is 0 Å². The fourth-order valence-corrected chi connectivity index (χ4v) is 4.10. The van der Waals surface area contributed by atoms with Crippen LogP contribution in [0.1, 0.15) is 39.5 Å². The molecule has 1 amide bonds. The van der Waals surface area contributed by atoms with Crippen molar-refractivity contribution in [1.29, 1.82) is 0 Å². The van der Waals surface area contributed by atoms with Crippen LogP contribution in [0.3, 0.4) is 0 Å². The second kappa shape index (κ2) is 5.06. The minimum atomic E-state index is -0.176. The number of hydrogen-bond donors (Lipinski definition) is 1. The first-order chi connectivity index (χ1) is 9.15. The first kappa shape index (κ1) is 13.4. The number of fused-ring (bicyclic) bond motifs is 1. The normalized spacial score (nSPS) is 38.8. The molecule has 0 radical (unpaired) electrons. The van der Waals surface area contributed by atoms with Crippen LogP contribution in [0.5, 0.6) is 0 Å². The van der Waals surface area contributed by atoms with E-state index in [0.717, 1.165) is 38.9 Å². The third-order valence-corrected chi connectivity index (χ3v) is 5.46. The number of nitrogens with one attached hydrogen (secondary N) is 1. The number of nitrogens with zero attached hydrogens (tertiary/aromatic N) is 1. The summed E-state index contributed by atoms with van der Waals surface area (Å²) in [5, 5.41) is 3.40. The Morgan fingerprint density at radius 3 is 2.95 bits per heavy atom. The molecule has 0 aromatic heterocycles. The molecule has 1 saturated carbocycles. The van der Waals surface area contributed by atoms with Crippen molar-refractivity contribution in [2.45, 2.75) is 51.7 Å². The van der Waals surface area contributed by atoms with Gasteiger partial charge in [0.05, 0.1) is 24.2 Å². The maximum absolute atomic E-state index is 13.1. The molecule has 3 atom stereocenters. The van der Waals surface area contributed by atoms with E-state index in [1.165, 1.54) is 6.42 Å². The molecule has 2 aliphatic heterocycles. The highest BCUT2D eigenvalue weighted by Crippen LogP contribution is 2.39. The second-order valence-electron chi connectivity index (χ2n) is 6.64. The maximum atomic E-state index is 13.1. The van der Waals surface area contributed by atoms with E-state index in [1.807, 2.05) is 0 Å². The van der Waals surface area contributed by atoms with Gasteiger partial charge in [-0.3, -0.25) is 4.79 Å². The molecule has 0 spiro atoms. The summed E-state index contributed by atoms with van der Waals surface area (Å²) in [6, 6.07) is 0.345. The van der Waals surface area contributed by atoms with E-state index in [9.17, 15) is 4.79 Å². The summed E-state index contributed by atoms with van der Waals surface area (Å²) >= 11 is 0. The number of morpholine rings is 1. The quantitative estimate of drug-likeness (QED) is 0.821. The smallest absolute Gasteiger partial charge is 0.230 e. The lowest BCUT2D eigenvalue weighted by atomic mass is 9.74. The van der Waals surface area contributed by atoms with Crippen molar-refractivity contribution in [1.82, 2.24) is 10.2 Å². The van der Waals surface area contributed by atoms with Crippen molar-refractivity contribution >= 4 is 5.91 Å². The molecule has 4 nitrogen and oxygen atoms in total. The number of amides is 1. The highest BCUT2D eigenvalue weighted by Gasteiger charge is 2.49. The Bertz CT molecular complexity index is 350. The van der Waals surface area contributed by atoms with Crippen LogP contribution in [0, 0.1) is 11.3 Å². The lowest BCUT2D eigenvalue weighted by Crippen LogP contribution is -2.57. The van der Waals surface area contributed by atoms with E-state index in [4.69, 9.17) is 4.74 Å². The Hall–Kier alpha value is -0.610. The molecule has 1 aliphatic carbocycles. The van der Waals surface area contributed by atoms with Gasteiger partial charge >= 0.3 is 0 Å². The summed E-state index contributed by atoms with van der Waals surface area (Å²) in [7, 11) is 0. The summed E-state index contributed by atoms with van der Waals surface area (Å²) in [6.07, 6.45) is 4.74. The van der Waals surface area contributed by atoms with Gasteiger partial charge in [-0.25, -0.2) is 0 Å². The summed E-state index contributed by atoms with van der Waals surface area (Å²) in [6.45, 7) is 7.71. The van der Waals surface area contributed by atoms with Gasteiger partial charge < -0.3 is 15.0 Å². The lowest BCUT2D eigenvalue weighted by Gasteiger charge is -2.43. The third kappa shape index (κ3) is 2.09. The standard InChI is InChI=1S/C15H26N2O2/c1-11(2)15(6-7-16-10-15)14(18)17-8-9-19-13-5-3-4-12(13)17/h11-13,16H,3-10H2,1-2H3. The van der Waals surface area contributed by atoms with Crippen molar-refractivity contribution in [2.75, 3.05) is 26.2 Å². The van der Waals surface area contributed by atoms with Crippen molar-refractivity contribution in [3.8, 4) is 0 Å². The number of rotatable bonds is 2. The summed E-state index contributed by atoms with van der Waals surface area (Å²) in [5.41, 5.74) is -0.176. The van der Waals surface area contributed by atoms with Gasteiger partial charge in [0.1, 0.15) is 0 Å². The van der Waals surface area contributed by atoms with Crippen LogP contribution in [0.15, 0.2) is 0 Å². The molecule has 2 saturated heterocycles. The van der Waals surface area contributed by atoms with Crippen molar-refractivity contribution in [2.24, 2.45) is 11.3 Å². The van der Waals surface area contributed by atoms with Gasteiger partial charge in [0.2, 0.25) is 5.91 Å². The van der Waals surface area contributed by atoms with E-state index in [-0.39, 0.29) is 5.41 Å². The van der Waals surface area contributed by atoms with Gasteiger partial charge in [-0.1, -0.05) is 13.8 Å². The monoisotopic (exact) mass is 266 g/mol. The summed E-state index contributed by atoms with van der Waals surface area (Å²) in [5.74, 6) is 0.783. The number of carbonyl (C=O) groups excluding carboxylic acids is 1. The summed E-state index contributed by atoms with van der Waals surface area (Å²) in [4.78, 5) is 15.3. The largest absolute Gasteiger partial charge is 0.374 e. The van der Waals surface area contributed by atoms with Gasteiger partial charge in [0.25, 0.3) is 0 Å². The molecule has 0 aromatic carbocycles. The van der Waals surface area contributed by atoms with Gasteiger partial charge in [-0.05, 0) is 38.1 Å². The molecule has 0 aromatic rings. The minimum Gasteiger partial charge on any atom is -0.374 e. The van der Waals surface area contributed by atoms with Crippen molar-refractivity contribution < 1.29 is 9.53 Å². The molecule has 3 fully saturated rings. The molecule has 3 unspecified atom stereocenters. The molecule has 3 aliphatic rings. The van der Waals surface area contributed by atoms with Crippen molar-refractivity contribution in [3.05, 3.63) is 0 Å². The highest BCUT2D eigenvalue weighted by atomic mass is 16.5. The number of carbonyl (C=O) groups is 1. The molecule has 0 bridgehead atoms. The molecule has 19 heavy (non-hydrogen) atoms. The van der Waals surface area contributed by atoms with E-state index < -0.39 is 0 Å². The molecule has 2 heterocycles. The third-order valence-electron chi connectivity index (χ3n) is 5.46. The Morgan fingerprint density at radius 2 is 2.26 bits per heavy atom. The van der Waals surface area contributed by atoms with Crippen LogP contribution in [0.25, 0.3) is 0 Å². The van der Waals surface area contributed by atoms with Gasteiger partial charge in [-0.15, -0.1) is 0 Å². The molecule has 4 heteroatoms. The van der Waals surface area contributed by atoms with Crippen LogP contribution in [0.2, 0.25) is 0 Å². The maximum Gasteiger partial charge on any atom is 0.230 e. The topological polar surface area (TPSA) is 41.6 Å². The Balaban J connectivity index is 1.82. The van der Waals surface area contributed by atoms with Gasteiger partial charge in [0.15, 0.2) is 0 Å². The zero-order chi connectivity index (χ0) is 13.5. The molecule has 3 rings (SSSR count). The van der Waals surface area contributed by atoms with Gasteiger partial charge in [-0.2, -0.15) is 0 Å². The fraction of sp³-hybridized carbons (Fsp3) is 0.933. The highest BCUT2D eigenvalue weighted by molar-refractivity contribution is 5.84. The first-order valence-electron chi connectivity index (χ1n) is 7.78. The second-order valence-corrected chi connectivity index (χ2v) is 6.64. The first-order valence-corrected chi connectivity index (χ1v) is 7.78. The average molecular weight is 266 g/mol. The van der Waals surface area contributed by atoms with Crippen LogP contribution >= 0.6 is 0 Å². The Labute approximate surface area is 115 Å². The SMILES string of the molecule is CC(C)C1(C(=O)N2CCOC3CCCC32)CCNC1. The van der Waals surface area contributed by atoms with Crippen LogP contribution in [-0.4, -0.2) is 49.2 Å². The summed E-state index contributed by atoms with van der Waals surface area (Å²) < 4.78 is 5.83. The zero-order valence-corrected chi connectivity index (χ0v) is 12.2. The van der Waals surface area contributed by atoms with Gasteiger partial charge in [0, 0.05) is 13.1 Å². The Morgan fingerprint density at radius 1 is 1.42 bits per heavy atom. The minimum absolute atomic E-state index is 0.176. The lowest BCUT2D eigenvalue weighted by molar-refractivity contribution is -0.156. The molecule has 1 N–H and O–H groups in total. The zero-order valence-electron chi connectivity index (χ0n) is 12.2. The van der Waals surface area contributed by atoms with Crippen LogP contribution < -0.4 is 5.32 Å². The molecule has 108 valence electrons. The fourth-order valence-electron chi connectivity index (χ4n) is 4.10. The van der Waals surface area contributed by atoms with Crippen LogP contribution in [-0.2, 0) is 9.53 Å². The number of ether oxygens (including phenoxy) is 1. The predicted molar refractivity (Wildman–Crippen MR) is 73.8 cm³/mol. The van der Waals surface area contributed by atoms with Crippen LogP contribution in [0.4, 0.5) is 0 Å². The molecular formula is C15H26N2O2. The van der Waals surface area contributed by atoms with E-state index in [0.29, 0.717) is 30.6 Å². The average Bonchev–Trinajstić information content (AvgIpc) is 3.06. The Kier molecular flexibility index (Phi) is 3.56. The van der Waals surface area contributed by atoms with E-state index in [2.05, 4.69) is 24.1 Å². The van der Waals surface area contributed by atoms with E-state index in [1.54, 1.807) is 0 Å². The van der Waals surface area contributed by atoms with E-state index >= 15 is 0 Å². The number of hydrogen-bond acceptors (Lipinski definition) is 3. The predicted octanol–water partition coefficient (Wildman–Crippen LogP) is 1.40. The molecular weight excluding hydrogens is 240 g/mol.